The van der Waals surface area contributed by atoms with E-state index in [1.807, 2.05) is 38.1 Å². The third kappa shape index (κ3) is 2.89. The van der Waals surface area contributed by atoms with Crippen molar-refractivity contribution in [3.63, 3.8) is 0 Å². The number of aliphatic carboxylic acids is 1. The molecule has 1 aliphatic rings. The lowest BCUT2D eigenvalue weighted by Crippen LogP contribution is -2.58. The van der Waals surface area contributed by atoms with Gasteiger partial charge < -0.3 is 9.84 Å². The highest BCUT2D eigenvalue weighted by Gasteiger charge is 2.51. The molecule has 0 spiro atoms. The number of carbonyl (C=O) groups is 1. The molecule has 0 heterocycles. The Morgan fingerprint density at radius 2 is 2.16 bits per heavy atom. The Bertz CT molecular complexity index is 456. The van der Waals surface area contributed by atoms with E-state index in [-0.39, 0.29) is 12.5 Å². The van der Waals surface area contributed by atoms with Crippen molar-refractivity contribution in [1.29, 1.82) is 0 Å². The van der Waals surface area contributed by atoms with Crippen LogP contribution in [0.15, 0.2) is 24.3 Å². The molecule has 1 atom stereocenters. The topological polar surface area (TPSA) is 58.6 Å². The Balaban J connectivity index is 2.12. The van der Waals surface area contributed by atoms with Crippen LogP contribution in [-0.4, -0.2) is 29.8 Å². The summed E-state index contributed by atoms with van der Waals surface area (Å²) in [7, 11) is 0. The van der Waals surface area contributed by atoms with Crippen LogP contribution < -0.4 is 10.1 Å². The number of carboxylic acid groups (broad SMARTS) is 1. The van der Waals surface area contributed by atoms with Gasteiger partial charge >= 0.3 is 5.97 Å². The maximum Gasteiger partial charge on any atom is 0.327 e. The highest BCUT2D eigenvalue weighted by atomic mass is 16.5. The molecular formula is C15H21NO3. The molecule has 2 rings (SSSR count). The molecule has 0 radical (unpaired) electrons. The largest absolute Gasteiger partial charge is 0.491 e. The molecule has 4 heteroatoms. The standard InChI is InChI=1S/C15H21NO3/c1-3-16-15(14(17)18,12-8-9-12)10-19-13-7-5-4-6-11(13)2/h4-7,12,16H,3,8-10H2,1-2H3,(H,17,18). The number of ether oxygens (including phenoxy) is 1. The van der Waals surface area contributed by atoms with Gasteiger partial charge in [-0.3, -0.25) is 10.1 Å². The summed E-state index contributed by atoms with van der Waals surface area (Å²) in [6.07, 6.45) is 1.91. The van der Waals surface area contributed by atoms with Crippen LogP contribution in [0.25, 0.3) is 0 Å². The summed E-state index contributed by atoms with van der Waals surface area (Å²) in [5.74, 6) is 0.117. The molecule has 19 heavy (non-hydrogen) atoms. The summed E-state index contributed by atoms with van der Waals surface area (Å²) in [4.78, 5) is 11.7. The van der Waals surface area contributed by atoms with Gasteiger partial charge in [0.2, 0.25) is 0 Å². The van der Waals surface area contributed by atoms with Gasteiger partial charge in [0.25, 0.3) is 0 Å². The highest BCUT2D eigenvalue weighted by Crippen LogP contribution is 2.40. The lowest BCUT2D eigenvalue weighted by Gasteiger charge is -2.30. The fourth-order valence-electron chi connectivity index (χ4n) is 2.43. The van der Waals surface area contributed by atoms with Gasteiger partial charge in [-0.2, -0.15) is 0 Å². The molecule has 1 unspecified atom stereocenters. The highest BCUT2D eigenvalue weighted by molar-refractivity contribution is 5.80. The Kier molecular flexibility index (Phi) is 4.10. The number of nitrogens with one attached hydrogen (secondary N) is 1. The van der Waals surface area contributed by atoms with Gasteiger partial charge in [0.1, 0.15) is 12.4 Å². The number of hydrogen-bond donors (Lipinski definition) is 2. The van der Waals surface area contributed by atoms with Crippen molar-refractivity contribution in [1.82, 2.24) is 5.32 Å². The third-order valence-electron chi connectivity index (χ3n) is 3.70. The second kappa shape index (κ2) is 5.61. The molecule has 1 aromatic rings. The minimum Gasteiger partial charge on any atom is -0.491 e. The fraction of sp³-hybridized carbons (Fsp3) is 0.533. The van der Waals surface area contributed by atoms with Crippen LogP contribution in [0, 0.1) is 12.8 Å². The second-order valence-corrected chi connectivity index (χ2v) is 5.14. The lowest BCUT2D eigenvalue weighted by atomic mass is 9.94. The lowest BCUT2D eigenvalue weighted by molar-refractivity contribution is -0.147. The van der Waals surface area contributed by atoms with E-state index in [0.717, 1.165) is 24.2 Å². The molecule has 0 saturated heterocycles. The summed E-state index contributed by atoms with van der Waals surface area (Å²) in [6.45, 7) is 4.68. The summed E-state index contributed by atoms with van der Waals surface area (Å²) in [5.41, 5.74) is 0.0749. The summed E-state index contributed by atoms with van der Waals surface area (Å²) in [6, 6.07) is 7.68. The Morgan fingerprint density at radius 3 is 2.68 bits per heavy atom. The monoisotopic (exact) mass is 263 g/mol. The second-order valence-electron chi connectivity index (χ2n) is 5.14. The zero-order chi connectivity index (χ0) is 13.9. The zero-order valence-corrected chi connectivity index (χ0v) is 11.5. The number of rotatable bonds is 7. The van der Waals surface area contributed by atoms with Crippen LogP contribution in [-0.2, 0) is 4.79 Å². The summed E-state index contributed by atoms with van der Waals surface area (Å²) in [5, 5.41) is 12.7. The van der Waals surface area contributed by atoms with Crippen molar-refractivity contribution < 1.29 is 14.6 Å². The van der Waals surface area contributed by atoms with Crippen molar-refractivity contribution in [2.24, 2.45) is 5.92 Å². The van der Waals surface area contributed by atoms with Crippen molar-refractivity contribution in [2.45, 2.75) is 32.2 Å². The van der Waals surface area contributed by atoms with Gasteiger partial charge in [-0.25, -0.2) is 0 Å². The van der Waals surface area contributed by atoms with E-state index >= 15 is 0 Å². The minimum atomic E-state index is -0.947. The zero-order valence-electron chi connectivity index (χ0n) is 11.5. The molecule has 4 nitrogen and oxygen atoms in total. The Labute approximate surface area is 113 Å². The molecule has 0 aromatic heterocycles. The van der Waals surface area contributed by atoms with Crippen molar-refractivity contribution >= 4 is 5.97 Å². The Hall–Kier alpha value is -1.55. The van der Waals surface area contributed by atoms with Gasteiger partial charge in [-0.15, -0.1) is 0 Å². The van der Waals surface area contributed by atoms with Crippen molar-refractivity contribution in [3.8, 4) is 5.75 Å². The number of hydrogen-bond acceptors (Lipinski definition) is 3. The van der Waals surface area contributed by atoms with Crippen LogP contribution >= 0.6 is 0 Å². The average Bonchev–Trinajstić information content (AvgIpc) is 3.20. The van der Waals surface area contributed by atoms with Crippen LogP contribution in [0.1, 0.15) is 25.3 Å². The summed E-state index contributed by atoms with van der Waals surface area (Å²) >= 11 is 0. The Morgan fingerprint density at radius 1 is 1.47 bits per heavy atom. The first kappa shape index (κ1) is 13.9. The van der Waals surface area contributed by atoms with Crippen LogP contribution in [0.5, 0.6) is 5.75 Å². The molecule has 0 bridgehead atoms. The maximum atomic E-state index is 11.7. The van der Waals surface area contributed by atoms with E-state index in [0.29, 0.717) is 6.54 Å². The van der Waals surface area contributed by atoms with Gasteiger partial charge in [-0.05, 0) is 43.9 Å². The molecule has 1 fully saturated rings. The maximum absolute atomic E-state index is 11.7. The van der Waals surface area contributed by atoms with E-state index in [9.17, 15) is 9.90 Å². The molecule has 1 aliphatic carbocycles. The van der Waals surface area contributed by atoms with E-state index < -0.39 is 11.5 Å². The van der Waals surface area contributed by atoms with E-state index in [4.69, 9.17) is 4.74 Å². The minimum absolute atomic E-state index is 0.172. The number of para-hydroxylation sites is 1. The molecule has 1 saturated carbocycles. The van der Waals surface area contributed by atoms with Crippen molar-refractivity contribution in [2.75, 3.05) is 13.2 Å². The molecule has 0 aliphatic heterocycles. The number of aryl methyl sites for hydroxylation is 1. The van der Waals surface area contributed by atoms with E-state index in [1.54, 1.807) is 0 Å². The number of likely N-dealkylation sites (N-methyl/N-ethyl adjacent to an activating group) is 1. The number of benzene rings is 1. The van der Waals surface area contributed by atoms with Gasteiger partial charge in [0, 0.05) is 0 Å². The first-order chi connectivity index (χ1) is 9.10. The SMILES string of the molecule is CCNC(COc1ccccc1C)(C(=O)O)C1CC1. The van der Waals surface area contributed by atoms with E-state index in [1.165, 1.54) is 0 Å². The predicted molar refractivity (Wildman–Crippen MR) is 73.4 cm³/mol. The van der Waals surface area contributed by atoms with Gasteiger partial charge in [0.15, 0.2) is 5.54 Å². The van der Waals surface area contributed by atoms with Crippen LogP contribution in [0.2, 0.25) is 0 Å². The number of carboxylic acids is 1. The average molecular weight is 263 g/mol. The molecule has 104 valence electrons. The summed E-state index contributed by atoms with van der Waals surface area (Å²) < 4.78 is 5.77. The third-order valence-corrected chi connectivity index (χ3v) is 3.70. The van der Waals surface area contributed by atoms with Crippen molar-refractivity contribution in [3.05, 3.63) is 29.8 Å². The van der Waals surface area contributed by atoms with Crippen LogP contribution in [0.4, 0.5) is 0 Å². The molecule has 0 amide bonds. The smallest absolute Gasteiger partial charge is 0.327 e. The van der Waals surface area contributed by atoms with E-state index in [2.05, 4.69) is 5.32 Å². The first-order valence-corrected chi connectivity index (χ1v) is 6.77. The fourth-order valence-corrected chi connectivity index (χ4v) is 2.43. The normalized spacial score (nSPS) is 17.8. The van der Waals surface area contributed by atoms with Gasteiger partial charge in [-0.1, -0.05) is 25.1 Å². The quantitative estimate of drug-likeness (QED) is 0.792. The molecular weight excluding hydrogens is 242 g/mol. The molecule has 2 N–H and O–H groups in total. The van der Waals surface area contributed by atoms with Gasteiger partial charge in [0.05, 0.1) is 0 Å². The van der Waals surface area contributed by atoms with Crippen LogP contribution in [0.3, 0.4) is 0 Å². The first-order valence-electron chi connectivity index (χ1n) is 6.77. The molecule has 1 aromatic carbocycles. The predicted octanol–water partition coefficient (Wildman–Crippen LogP) is 2.22.